The summed E-state index contributed by atoms with van der Waals surface area (Å²) in [4.78, 5) is 18.2. The summed E-state index contributed by atoms with van der Waals surface area (Å²) in [6.45, 7) is 0.0323. The fourth-order valence-electron chi connectivity index (χ4n) is 4.41. The van der Waals surface area contributed by atoms with Gasteiger partial charge in [-0.25, -0.2) is 22.8 Å². The van der Waals surface area contributed by atoms with Crippen LogP contribution >= 0.6 is 0 Å². The molecule has 2 saturated heterocycles. The fraction of sp³-hybridized carbons (Fsp3) is 0.360. The van der Waals surface area contributed by atoms with Crippen molar-refractivity contribution < 1.29 is 37.3 Å². The first-order chi connectivity index (χ1) is 18.2. The Kier molecular flexibility index (Phi) is 7.25. The van der Waals surface area contributed by atoms with Gasteiger partial charge in [0.15, 0.2) is 29.8 Å². The van der Waals surface area contributed by atoms with Crippen molar-refractivity contribution >= 4 is 12.2 Å². The van der Waals surface area contributed by atoms with Gasteiger partial charge >= 0.3 is 0 Å². The van der Waals surface area contributed by atoms with Crippen LogP contribution < -0.4 is 0 Å². The third-order valence-electron chi connectivity index (χ3n) is 6.20. The summed E-state index contributed by atoms with van der Waals surface area (Å²) in [6, 6.07) is 9.65. The second-order valence-corrected chi connectivity index (χ2v) is 9.14. The minimum Gasteiger partial charge on any atom is -0.387 e. The Labute approximate surface area is 215 Å². The lowest BCUT2D eigenvalue weighted by Crippen LogP contribution is -2.61. The molecule has 1 unspecified atom stereocenters. The van der Waals surface area contributed by atoms with Crippen molar-refractivity contribution in [1.29, 1.82) is 0 Å². The molecule has 10 nitrogen and oxygen atoms in total. The number of aromatic nitrogens is 3. The van der Waals surface area contributed by atoms with Crippen LogP contribution in [0.25, 0.3) is 11.3 Å². The van der Waals surface area contributed by atoms with Crippen LogP contribution in [0.5, 0.6) is 0 Å². The van der Waals surface area contributed by atoms with Gasteiger partial charge in [-0.2, -0.15) is 0 Å². The summed E-state index contributed by atoms with van der Waals surface area (Å²) in [5.41, 5.74) is 0.673. The standard InChI is InChI=1S/C25H24F3N5O5/c1-32(2)12-29-24(35)23-21(34)20(22-18(37-23)11-36-25(38-22)13-6-4-3-5-7-13)33-10-17(30-31-33)14-8-15(26)19(28)16(27)9-14/h3-10,12,18,20-23,25,34H,11H2,1-2H3/t18-,20-,21-,22+,23-,25?/m1/s1. The summed E-state index contributed by atoms with van der Waals surface area (Å²) in [5.74, 6) is -5.11. The zero-order chi connectivity index (χ0) is 27.0. The van der Waals surface area contributed by atoms with E-state index in [0.29, 0.717) is 0 Å². The number of amides is 1. The molecular formula is C25H24F3N5O5. The first-order valence-electron chi connectivity index (χ1n) is 11.7. The lowest BCUT2D eigenvalue weighted by molar-refractivity contribution is -0.312. The van der Waals surface area contributed by atoms with E-state index in [-0.39, 0.29) is 17.9 Å². The third-order valence-corrected chi connectivity index (χ3v) is 6.20. The Bertz CT molecular complexity index is 1310. The van der Waals surface area contributed by atoms with Crippen LogP contribution in [0.1, 0.15) is 17.9 Å². The molecule has 6 atom stereocenters. The number of hydrogen-bond acceptors (Lipinski definition) is 7. The molecule has 5 rings (SSSR count). The maximum atomic E-state index is 13.8. The van der Waals surface area contributed by atoms with Gasteiger partial charge in [0.2, 0.25) is 0 Å². The van der Waals surface area contributed by atoms with E-state index in [0.717, 1.165) is 17.7 Å². The van der Waals surface area contributed by atoms with E-state index in [9.17, 15) is 23.1 Å². The highest BCUT2D eigenvalue weighted by Gasteiger charge is 2.52. The van der Waals surface area contributed by atoms with Gasteiger partial charge in [-0.05, 0) is 12.1 Å². The van der Waals surface area contributed by atoms with E-state index in [4.69, 9.17) is 14.2 Å². The number of hydrogen-bond donors (Lipinski definition) is 1. The number of carbonyl (C=O) groups excluding carboxylic acids is 1. The molecule has 1 aromatic heterocycles. The van der Waals surface area contributed by atoms with E-state index in [1.807, 2.05) is 30.3 Å². The van der Waals surface area contributed by atoms with Gasteiger partial charge in [-0.1, -0.05) is 35.5 Å². The molecule has 200 valence electrons. The molecule has 0 radical (unpaired) electrons. The zero-order valence-corrected chi connectivity index (χ0v) is 20.3. The highest BCUT2D eigenvalue weighted by Crippen LogP contribution is 2.39. The number of aliphatic hydroxyl groups excluding tert-OH is 1. The Morgan fingerprint density at radius 1 is 1.16 bits per heavy atom. The van der Waals surface area contributed by atoms with Crippen molar-refractivity contribution in [3.63, 3.8) is 0 Å². The molecule has 3 heterocycles. The number of nitrogens with zero attached hydrogens (tertiary/aromatic N) is 5. The summed E-state index contributed by atoms with van der Waals surface area (Å²) in [7, 11) is 3.36. The van der Waals surface area contributed by atoms with E-state index < -0.39 is 60.1 Å². The van der Waals surface area contributed by atoms with Crippen molar-refractivity contribution in [2.45, 2.75) is 36.7 Å². The predicted molar refractivity (Wildman–Crippen MR) is 126 cm³/mol. The van der Waals surface area contributed by atoms with Crippen molar-refractivity contribution in [3.05, 3.63) is 71.7 Å². The van der Waals surface area contributed by atoms with Crippen molar-refractivity contribution in [1.82, 2.24) is 19.9 Å². The average Bonchev–Trinajstić information content (AvgIpc) is 3.39. The van der Waals surface area contributed by atoms with E-state index in [1.54, 1.807) is 19.0 Å². The number of carbonyl (C=O) groups is 1. The maximum absolute atomic E-state index is 13.8. The van der Waals surface area contributed by atoms with Crippen LogP contribution in [0.4, 0.5) is 13.2 Å². The molecule has 1 amide bonds. The normalized spacial score (nSPS) is 27.3. The SMILES string of the molecule is CN(C)C=NC(=O)[C@@H]1O[C@@H]2COC(c3ccccc3)O[C@@H]2[C@H](n2cc(-c3cc(F)c(F)c(F)c3)nn2)[C@H]1O. The molecule has 0 saturated carbocycles. The molecule has 0 aliphatic carbocycles. The molecule has 13 heteroatoms. The second-order valence-electron chi connectivity index (χ2n) is 9.14. The minimum absolute atomic E-state index is 0.0122. The second kappa shape index (κ2) is 10.6. The highest BCUT2D eigenvalue weighted by molar-refractivity contribution is 5.88. The van der Waals surface area contributed by atoms with Crippen molar-refractivity contribution in [2.75, 3.05) is 20.7 Å². The highest BCUT2D eigenvalue weighted by atomic mass is 19.2. The van der Waals surface area contributed by atoms with Crippen LogP contribution in [0.2, 0.25) is 0 Å². The summed E-state index contributed by atoms with van der Waals surface area (Å²) in [6.07, 6.45) is -2.71. The first-order valence-corrected chi connectivity index (χ1v) is 11.7. The molecule has 0 bridgehead atoms. The summed E-state index contributed by atoms with van der Waals surface area (Å²) >= 11 is 0. The van der Waals surface area contributed by atoms with E-state index in [2.05, 4.69) is 15.3 Å². The molecule has 2 aliphatic heterocycles. The zero-order valence-electron chi connectivity index (χ0n) is 20.3. The smallest absolute Gasteiger partial charge is 0.278 e. The molecule has 1 N–H and O–H groups in total. The van der Waals surface area contributed by atoms with Gasteiger partial charge in [-0.3, -0.25) is 4.79 Å². The largest absolute Gasteiger partial charge is 0.387 e. The topological polar surface area (TPSA) is 111 Å². The van der Waals surface area contributed by atoms with Crippen LogP contribution in [-0.4, -0.2) is 82.4 Å². The van der Waals surface area contributed by atoms with Gasteiger partial charge in [0, 0.05) is 25.2 Å². The number of aliphatic hydroxyl groups is 1. The number of rotatable bonds is 5. The Balaban J connectivity index is 1.50. The van der Waals surface area contributed by atoms with E-state index in [1.165, 1.54) is 17.2 Å². The van der Waals surface area contributed by atoms with Crippen LogP contribution in [-0.2, 0) is 19.0 Å². The summed E-state index contributed by atoms with van der Waals surface area (Å²) < 4.78 is 60.3. The quantitative estimate of drug-likeness (QED) is 0.303. The molecule has 38 heavy (non-hydrogen) atoms. The van der Waals surface area contributed by atoms with Crippen LogP contribution in [0, 0.1) is 17.5 Å². The first kappa shape index (κ1) is 26.0. The number of fused-ring (bicyclic) bond motifs is 1. The lowest BCUT2D eigenvalue weighted by atomic mass is 9.91. The Morgan fingerprint density at radius 2 is 1.87 bits per heavy atom. The van der Waals surface area contributed by atoms with Gasteiger partial charge in [0.25, 0.3) is 5.91 Å². The number of aliphatic imine (C=N–C) groups is 1. The van der Waals surface area contributed by atoms with E-state index >= 15 is 0 Å². The molecule has 2 aliphatic rings. The monoisotopic (exact) mass is 531 g/mol. The Hall–Kier alpha value is -3.65. The van der Waals surface area contributed by atoms with Gasteiger partial charge in [0.1, 0.15) is 30.0 Å². The van der Waals surface area contributed by atoms with Crippen LogP contribution in [0.3, 0.4) is 0 Å². The minimum atomic E-state index is -1.61. The summed E-state index contributed by atoms with van der Waals surface area (Å²) in [5, 5.41) is 19.3. The molecular weight excluding hydrogens is 507 g/mol. The number of halogens is 3. The lowest BCUT2D eigenvalue weighted by Gasteiger charge is -2.47. The molecule has 3 aromatic rings. The average molecular weight is 531 g/mol. The van der Waals surface area contributed by atoms with Crippen molar-refractivity contribution in [3.8, 4) is 11.3 Å². The van der Waals surface area contributed by atoms with Crippen LogP contribution in [0.15, 0.2) is 53.7 Å². The predicted octanol–water partition coefficient (Wildman–Crippen LogP) is 2.26. The molecule has 2 aromatic carbocycles. The molecule has 2 fully saturated rings. The van der Waals surface area contributed by atoms with Gasteiger partial charge < -0.3 is 24.2 Å². The maximum Gasteiger partial charge on any atom is 0.278 e. The van der Waals surface area contributed by atoms with Crippen molar-refractivity contribution in [2.24, 2.45) is 4.99 Å². The van der Waals surface area contributed by atoms with Gasteiger partial charge in [0.05, 0.1) is 19.1 Å². The Morgan fingerprint density at radius 3 is 2.55 bits per heavy atom. The third kappa shape index (κ3) is 5.05. The number of ether oxygens (including phenoxy) is 3. The number of benzene rings is 2. The van der Waals surface area contributed by atoms with Gasteiger partial charge in [-0.15, -0.1) is 5.10 Å². The fourth-order valence-corrected chi connectivity index (χ4v) is 4.41. The molecule has 0 spiro atoms.